The molecule has 0 aliphatic carbocycles. The van der Waals surface area contributed by atoms with Gasteiger partial charge in [-0.05, 0) is 59.7 Å². The Morgan fingerprint density at radius 1 is 0.500 bits per heavy atom. The third-order valence-electron chi connectivity index (χ3n) is 7.92. The van der Waals surface area contributed by atoms with E-state index in [2.05, 4.69) is 93.6 Å². The van der Waals surface area contributed by atoms with Crippen LogP contribution in [0.4, 0.5) is 0 Å². The van der Waals surface area contributed by atoms with Gasteiger partial charge in [-0.25, -0.2) is 0 Å². The van der Waals surface area contributed by atoms with Crippen molar-refractivity contribution in [3.8, 4) is 28.0 Å². The van der Waals surface area contributed by atoms with Crippen LogP contribution < -0.4 is 4.74 Å². The summed E-state index contributed by atoms with van der Waals surface area (Å²) in [4.78, 5) is 0. The molecule has 3 aromatic rings. The van der Waals surface area contributed by atoms with Crippen LogP contribution in [0.5, 0.6) is 5.75 Å². The smallest absolute Gasteiger partial charge is 0.119 e. The second-order valence-corrected chi connectivity index (χ2v) is 11.3. The van der Waals surface area contributed by atoms with Crippen molar-refractivity contribution in [2.75, 3.05) is 13.2 Å². The minimum Gasteiger partial charge on any atom is -0.494 e. The monoisotopic (exact) mass is 542 g/mol. The van der Waals surface area contributed by atoms with Gasteiger partial charge in [-0.1, -0.05) is 152 Å². The molecule has 40 heavy (non-hydrogen) atoms. The van der Waals surface area contributed by atoms with Crippen LogP contribution in [0.25, 0.3) is 22.3 Å². The lowest BCUT2D eigenvalue weighted by Crippen LogP contribution is -2.02. The Morgan fingerprint density at radius 2 is 0.950 bits per heavy atom. The molecule has 3 aromatic carbocycles. The van der Waals surface area contributed by atoms with Crippen LogP contribution in [-0.4, -0.2) is 13.2 Å². The van der Waals surface area contributed by atoms with Gasteiger partial charge in [0.1, 0.15) is 5.75 Å². The van der Waals surface area contributed by atoms with Crippen LogP contribution in [-0.2, 0) is 4.74 Å². The van der Waals surface area contributed by atoms with Crippen LogP contribution in [0.2, 0.25) is 0 Å². The topological polar surface area (TPSA) is 18.5 Å². The van der Waals surface area contributed by atoms with E-state index in [1.54, 1.807) is 0 Å². The van der Waals surface area contributed by atoms with Crippen molar-refractivity contribution in [2.24, 2.45) is 0 Å². The minimum absolute atomic E-state index is 0.123. The Balaban J connectivity index is 1.48. The first-order chi connectivity index (χ1) is 19.7. The van der Waals surface area contributed by atoms with Gasteiger partial charge in [0.2, 0.25) is 0 Å². The van der Waals surface area contributed by atoms with E-state index < -0.39 is 0 Å². The highest BCUT2D eigenvalue weighted by Gasteiger charge is 2.10. The largest absolute Gasteiger partial charge is 0.494 e. The van der Waals surface area contributed by atoms with Crippen molar-refractivity contribution < 1.29 is 9.47 Å². The first-order valence-corrected chi connectivity index (χ1v) is 16.3. The average Bonchev–Trinajstić information content (AvgIpc) is 3.00. The molecule has 1 unspecified atom stereocenters. The number of rotatable bonds is 21. The first-order valence-electron chi connectivity index (χ1n) is 16.3. The Labute approximate surface area is 245 Å². The zero-order valence-corrected chi connectivity index (χ0v) is 25.6. The maximum absolute atomic E-state index is 6.14. The molecule has 0 saturated heterocycles. The molecule has 2 heteroatoms. The van der Waals surface area contributed by atoms with Crippen molar-refractivity contribution in [3.05, 3.63) is 78.4 Å². The molecule has 218 valence electrons. The summed E-state index contributed by atoms with van der Waals surface area (Å²) in [6.45, 7) is 8.35. The SMILES string of the molecule is CCCCCCCCCCOc1ccc(-c2ccccc2-c2ccc(C(C)OCCCCCCCC)cc2)cc1. The van der Waals surface area contributed by atoms with Crippen LogP contribution >= 0.6 is 0 Å². The fraction of sp³-hybridized carbons (Fsp3) is 0.526. The molecule has 0 fully saturated rings. The summed E-state index contributed by atoms with van der Waals surface area (Å²) in [5.74, 6) is 0.962. The fourth-order valence-electron chi connectivity index (χ4n) is 5.32. The van der Waals surface area contributed by atoms with E-state index in [0.717, 1.165) is 31.8 Å². The van der Waals surface area contributed by atoms with Crippen LogP contribution in [0.3, 0.4) is 0 Å². The van der Waals surface area contributed by atoms with E-state index in [-0.39, 0.29) is 6.10 Å². The highest BCUT2D eigenvalue weighted by Crippen LogP contribution is 2.33. The number of hydrogen-bond acceptors (Lipinski definition) is 2. The summed E-state index contributed by atoms with van der Waals surface area (Å²) in [6, 6.07) is 26.2. The first kappa shape index (κ1) is 31.9. The van der Waals surface area contributed by atoms with E-state index in [1.165, 1.54) is 105 Å². The fourth-order valence-corrected chi connectivity index (χ4v) is 5.32. The number of benzene rings is 3. The summed E-state index contributed by atoms with van der Waals surface area (Å²) in [5.41, 5.74) is 6.19. The van der Waals surface area contributed by atoms with Crippen molar-refractivity contribution in [2.45, 2.75) is 117 Å². The quantitative estimate of drug-likeness (QED) is 0.125. The molecule has 1 atom stereocenters. The lowest BCUT2D eigenvalue weighted by Gasteiger charge is -2.15. The van der Waals surface area contributed by atoms with Crippen LogP contribution in [0.1, 0.15) is 122 Å². The molecule has 0 bridgehead atoms. The van der Waals surface area contributed by atoms with E-state index >= 15 is 0 Å². The van der Waals surface area contributed by atoms with Crippen molar-refractivity contribution in [3.63, 3.8) is 0 Å². The van der Waals surface area contributed by atoms with Crippen LogP contribution in [0.15, 0.2) is 72.8 Å². The van der Waals surface area contributed by atoms with Gasteiger partial charge in [0.25, 0.3) is 0 Å². The number of unbranched alkanes of at least 4 members (excludes halogenated alkanes) is 12. The van der Waals surface area contributed by atoms with Gasteiger partial charge < -0.3 is 9.47 Å². The molecule has 0 radical (unpaired) electrons. The summed E-state index contributed by atoms with van der Waals surface area (Å²) in [7, 11) is 0. The predicted octanol–water partition coefficient (Wildman–Crippen LogP) is 12.0. The van der Waals surface area contributed by atoms with Gasteiger partial charge in [0.15, 0.2) is 0 Å². The number of ether oxygens (including phenoxy) is 2. The Morgan fingerprint density at radius 3 is 1.48 bits per heavy atom. The molecule has 2 nitrogen and oxygen atoms in total. The molecule has 0 aliphatic rings. The highest BCUT2D eigenvalue weighted by atomic mass is 16.5. The summed E-state index contributed by atoms with van der Waals surface area (Å²) in [6.07, 6.45) is 18.5. The summed E-state index contributed by atoms with van der Waals surface area (Å²) in [5, 5.41) is 0. The third kappa shape index (κ3) is 11.5. The Kier molecular flexibility index (Phi) is 15.6. The van der Waals surface area contributed by atoms with E-state index in [4.69, 9.17) is 9.47 Å². The van der Waals surface area contributed by atoms with Crippen molar-refractivity contribution >= 4 is 0 Å². The predicted molar refractivity (Wildman–Crippen MR) is 173 cm³/mol. The van der Waals surface area contributed by atoms with Gasteiger partial charge >= 0.3 is 0 Å². The maximum atomic E-state index is 6.14. The summed E-state index contributed by atoms with van der Waals surface area (Å²) >= 11 is 0. The molecular formula is C38H54O2. The molecule has 3 rings (SSSR count). The average molecular weight is 543 g/mol. The van der Waals surface area contributed by atoms with Gasteiger partial charge in [0.05, 0.1) is 12.7 Å². The van der Waals surface area contributed by atoms with Crippen molar-refractivity contribution in [1.29, 1.82) is 0 Å². The zero-order chi connectivity index (χ0) is 28.3. The molecule has 0 heterocycles. The third-order valence-corrected chi connectivity index (χ3v) is 7.92. The van der Waals surface area contributed by atoms with E-state index in [9.17, 15) is 0 Å². The van der Waals surface area contributed by atoms with E-state index in [1.807, 2.05) is 0 Å². The highest BCUT2D eigenvalue weighted by molar-refractivity contribution is 5.83. The van der Waals surface area contributed by atoms with Gasteiger partial charge in [-0.15, -0.1) is 0 Å². The van der Waals surface area contributed by atoms with E-state index in [0.29, 0.717) is 0 Å². The van der Waals surface area contributed by atoms with Crippen LogP contribution in [0, 0.1) is 0 Å². The minimum atomic E-state index is 0.123. The second-order valence-electron chi connectivity index (χ2n) is 11.3. The second kappa shape index (κ2) is 19.5. The Bertz CT molecular complexity index is 1040. The normalized spacial score (nSPS) is 12.0. The molecular weight excluding hydrogens is 488 g/mol. The molecule has 0 aliphatic heterocycles. The molecule has 0 N–H and O–H groups in total. The summed E-state index contributed by atoms with van der Waals surface area (Å²) < 4.78 is 12.2. The van der Waals surface area contributed by atoms with Gasteiger partial charge in [-0.2, -0.15) is 0 Å². The Hall–Kier alpha value is -2.58. The van der Waals surface area contributed by atoms with Gasteiger partial charge in [-0.3, -0.25) is 0 Å². The maximum Gasteiger partial charge on any atom is 0.119 e. The lowest BCUT2D eigenvalue weighted by molar-refractivity contribution is 0.0627. The zero-order valence-electron chi connectivity index (χ0n) is 25.6. The molecule has 0 amide bonds. The molecule has 0 aromatic heterocycles. The lowest BCUT2D eigenvalue weighted by atomic mass is 9.94. The van der Waals surface area contributed by atoms with Gasteiger partial charge in [0, 0.05) is 6.61 Å². The number of hydrogen-bond donors (Lipinski definition) is 0. The molecule has 0 saturated carbocycles. The molecule has 0 spiro atoms. The van der Waals surface area contributed by atoms with Crippen molar-refractivity contribution in [1.82, 2.24) is 0 Å². The standard InChI is InChI=1S/C38H54O2/c1-4-6-8-10-12-13-15-19-31-40-36-28-26-35(27-29-36)38-21-17-16-20-37(38)34-24-22-33(23-25-34)32(3)39-30-18-14-11-9-7-5-2/h16-17,20-29,32H,4-15,18-19,30-31H2,1-3H3.